The fourth-order valence-electron chi connectivity index (χ4n) is 2.14. The van der Waals surface area contributed by atoms with Crippen LogP contribution in [0, 0.1) is 5.82 Å². The van der Waals surface area contributed by atoms with Crippen LogP contribution in [-0.4, -0.2) is 18.2 Å². The third kappa shape index (κ3) is 4.24. The Labute approximate surface area is 122 Å². The van der Waals surface area contributed by atoms with Gasteiger partial charge in [0.2, 0.25) is 0 Å². The Balaban J connectivity index is 2.92. The van der Waals surface area contributed by atoms with Crippen LogP contribution in [0.25, 0.3) is 0 Å². The van der Waals surface area contributed by atoms with E-state index in [1.54, 1.807) is 6.07 Å². The molecular formula is C14H22BrFN2O. The summed E-state index contributed by atoms with van der Waals surface area (Å²) < 4.78 is 20.4. The van der Waals surface area contributed by atoms with Crippen LogP contribution in [0.1, 0.15) is 32.8 Å². The highest BCUT2D eigenvalue weighted by molar-refractivity contribution is 9.10. The summed E-state index contributed by atoms with van der Waals surface area (Å²) in [6, 6.07) is 4.92. The molecule has 2 atom stereocenters. The van der Waals surface area contributed by atoms with E-state index in [9.17, 15) is 4.39 Å². The first kappa shape index (κ1) is 16.6. The Kier molecular flexibility index (Phi) is 6.39. The summed E-state index contributed by atoms with van der Waals surface area (Å²) >= 11 is 3.25. The van der Waals surface area contributed by atoms with Crippen molar-refractivity contribution in [3.8, 4) is 0 Å². The van der Waals surface area contributed by atoms with Crippen LogP contribution in [0.5, 0.6) is 0 Å². The third-order valence-corrected chi connectivity index (χ3v) is 4.05. The van der Waals surface area contributed by atoms with Crippen molar-refractivity contribution in [2.24, 2.45) is 5.84 Å². The lowest BCUT2D eigenvalue weighted by molar-refractivity contribution is -0.0552. The number of hydrogen-bond donors (Lipinski definition) is 2. The van der Waals surface area contributed by atoms with Gasteiger partial charge in [-0.1, -0.05) is 28.9 Å². The molecule has 0 amide bonds. The molecule has 0 aromatic heterocycles. The van der Waals surface area contributed by atoms with Crippen LogP contribution < -0.4 is 11.3 Å². The summed E-state index contributed by atoms with van der Waals surface area (Å²) in [5.41, 5.74) is 2.98. The number of halogens is 2. The molecule has 2 unspecified atom stereocenters. The Bertz CT molecular complexity index is 416. The molecule has 3 N–H and O–H groups in total. The summed E-state index contributed by atoms with van der Waals surface area (Å²) in [5, 5.41) is 0. The number of rotatable bonds is 7. The Hall–Kier alpha value is -0.490. The molecule has 0 radical (unpaired) electrons. The van der Waals surface area contributed by atoms with Crippen LogP contribution in [-0.2, 0) is 11.2 Å². The second kappa shape index (κ2) is 7.33. The van der Waals surface area contributed by atoms with Crippen molar-refractivity contribution in [1.82, 2.24) is 5.43 Å². The molecule has 0 aliphatic rings. The fourth-order valence-corrected chi connectivity index (χ4v) is 2.47. The minimum absolute atomic E-state index is 0.145. The van der Waals surface area contributed by atoms with Gasteiger partial charge in [0.1, 0.15) is 5.82 Å². The van der Waals surface area contributed by atoms with E-state index in [2.05, 4.69) is 21.4 Å². The zero-order chi connectivity index (χ0) is 14.5. The summed E-state index contributed by atoms with van der Waals surface area (Å²) in [6.45, 7) is 6.59. The molecule has 3 nitrogen and oxygen atoms in total. The number of ether oxygens (including phenoxy) is 1. The lowest BCUT2D eigenvalue weighted by Gasteiger charge is -2.36. The fraction of sp³-hybridized carbons (Fsp3) is 0.571. The minimum Gasteiger partial charge on any atom is -0.374 e. The molecule has 1 aromatic carbocycles. The first-order chi connectivity index (χ1) is 8.96. The van der Waals surface area contributed by atoms with Crippen molar-refractivity contribution in [2.45, 2.75) is 45.3 Å². The molecule has 0 saturated heterocycles. The topological polar surface area (TPSA) is 47.3 Å². The molecule has 0 saturated carbocycles. The summed E-state index contributed by atoms with van der Waals surface area (Å²) in [4.78, 5) is 0. The van der Waals surface area contributed by atoms with Crippen LogP contribution >= 0.6 is 15.9 Å². The number of benzene rings is 1. The molecule has 5 heteroatoms. The van der Waals surface area contributed by atoms with E-state index in [1.165, 1.54) is 6.07 Å². The highest BCUT2D eigenvalue weighted by Gasteiger charge is 2.33. The van der Waals surface area contributed by atoms with E-state index < -0.39 is 5.60 Å². The average molecular weight is 333 g/mol. The highest BCUT2D eigenvalue weighted by atomic mass is 79.9. The monoisotopic (exact) mass is 332 g/mol. The largest absolute Gasteiger partial charge is 0.374 e. The molecule has 19 heavy (non-hydrogen) atoms. The van der Waals surface area contributed by atoms with Gasteiger partial charge in [-0.25, -0.2) is 4.39 Å². The summed E-state index contributed by atoms with van der Waals surface area (Å²) in [6.07, 6.45) is 1.29. The van der Waals surface area contributed by atoms with Crippen molar-refractivity contribution < 1.29 is 9.13 Å². The number of hydrazine groups is 1. The summed E-state index contributed by atoms with van der Waals surface area (Å²) in [7, 11) is 0. The first-order valence-corrected chi connectivity index (χ1v) is 7.30. The van der Waals surface area contributed by atoms with Gasteiger partial charge in [-0.2, -0.15) is 0 Å². The molecule has 108 valence electrons. The number of hydrogen-bond acceptors (Lipinski definition) is 3. The molecule has 0 spiro atoms. The molecular weight excluding hydrogens is 311 g/mol. The minimum atomic E-state index is -0.414. The normalized spacial score (nSPS) is 16.1. The van der Waals surface area contributed by atoms with E-state index in [4.69, 9.17) is 10.6 Å². The second-order valence-corrected chi connectivity index (χ2v) is 5.67. The van der Waals surface area contributed by atoms with E-state index in [0.29, 0.717) is 18.6 Å². The van der Waals surface area contributed by atoms with Gasteiger partial charge < -0.3 is 4.74 Å². The maximum Gasteiger partial charge on any atom is 0.127 e. The quantitative estimate of drug-likeness (QED) is 0.595. The lowest BCUT2D eigenvalue weighted by atomic mass is 9.88. The van der Waals surface area contributed by atoms with Crippen LogP contribution in [0.3, 0.4) is 0 Å². The molecule has 1 aromatic rings. The van der Waals surface area contributed by atoms with E-state index in [0.717, 1.165) is 10.9 Å². The van der Waals surface area contributed by atoms with E-state index in [1.807, 2.05) is 26.8 Å². The van der Waals surface area contributed by atoms with Crippen molar-refractivity contribution in [2.75, 3.05) is 6.61 Å². The Morgan fingerprint density at radius 1 is 1.47 bits per heavy atom. The number of nitrogens with one attached hydrogen (secondary N) is 1. The van der Waals surface area contributed by atoms with Crippen molar-refractivity contribution >= 4 is 15.9 Å². The lowest BCUT2D eigenvalue weighted by Crippen LogP contribution is -2.54. The molecule has 0 heterocycles. The molecule has 0 bridgehead atoms. The number of nitrogens with two attached hydrogens (primary N) is 1. The first-order valence-electron chi connectivity index (χ1n) is 6.50. The van der Waals surface area contributed by atoms with Gasteiger partial charge in [0.15, 0.2) is 0 Å². The van der Waals surface area contributed by atoms with Gasteiger partial charge in [0, 0.05) is 11.1 Å². The smallest absolute Gasteiger partial charge is 0.127 e. The molecule has 1 rings (SSSR count). The molecule has 0 fully saturated rings. The average Bonchev–Trinajstić information content (AvgIpc) is 2.38. The van der Waals surface area contributed by atoms with Gasteiger partial charge >= 0.3 is 0 Å². The van der Waals surface area contributed by atoms with Crippen LogP contribution in [0.2, 0.25) is 0 Å². The SMILES string of the molecule is CCOC(C)(CC)C(Cc1ccc(Br)cc1F)NN. The van der Waals surface area contributed by atoms with Gasteiger partial charge in [-0.3, -0.25) is 11.3 Å². The van der Waals surface area contributed by atoms with Gasteiger partial charge in [0.25, 0.3) is 0 Å². The van der Waals surface area contributed by atoms with E-state index >= 15 is 0 Å². The molecule has 0 aliphatic carbocycles. The van der Waals surface area contributed by atoms with Crippen molar-refractivity contribution in [1.29, 1.82) is 0 Å². The summed E-state index contributed by atoms with van der Waals surface area (Å²) in [5.74, 6) is 5.40. The third-order valence-electron chi connectivity index (χ3n) is 3.55. The zero-order valence-corrected chi connectivity index (χ0v) is 13.3. The maximum absolute atomic E-state index is 13.9. The van der Waals surface area contributed by atoms with Gasteiger partial charge in [0.05, 0.1) is 11.6 Å². The van der Waals surface area contributed by atoms with E-state index in [-0.39, 0.29) is 11.9 Å². The predicted octanol–water partition coefficient (Wildman–Crippen LogP) is 3.17. The Morgan fingerprint density at radius 3 is 2.63 bits per heavy atom. The zero-order valence-electron chi connectivity index (χ0n) is 11.7. The van der Waals surface area contributed by atoms with Gasteiger partial charge in [-0.05, 0) is 44.4 Å². The van der Waals surface area contributed by atoms with Crippen molar-refractivity contribution in [3.63, 3.8) is 0 Å². The van der Waals surface area contributed by atoms with Crippen LogP contribution in [0.4, 0.5) is 4.39 Å². The van der Waals surface area contributed by atoms with Crippen molar-refractivity contribution in [3.05, 3.63) is 34.1 Å². The predicted molar refractivity (Wildman–Crippen MR) is 79.2 cm³/mol. The maximum atomic E-state index is 13.9. The highest BCUT2D eigenvalue weighted by Crippen LogP contribution is 2.24. The van der Waals surface area contributed by atoms with Crippen LogP contribution in [0.15, 0.2) is 22.7 Å². The molecule has 0 aliphatic heterocycles. The van der Waals surface area contributed by atoms with Gasteiger partial charge in [-0.15, -0.1) is 0 Å². The Morgan fingerprint density at radius 2 is 2.16 bits per heavy atom. The standard InChI is InChI=1S/C14H22BrFN2O/c1-4-14(3,19-5-2)13(18-17)8-10-6-7-11(15)9-12(10)16/h6-7,9,13,18H,4-5,8,17H2,1-3H3. The second-order valence-electron chi connectivity index (χ2n) is 4.76.